The van der Waals surface area contributed by atoms with E-state index in [4.69, 9.17) is 0 Å². The fourth-order valence-corrected chi connectivity index (χ4v) is 0.849. The Kier molecular flexibility index (Phi) is 6.43. The van der Waals surface area contributed by atoms with Crippen LogP contribution in [0.1, 0.15) is 0 Å². The van der Waals surface area contributed by atoms with Crippen molar-refractivity contribution in [2.45, 2.75) is 0 Å². The number of hydrogen-bond acceptors (Lipinski definition) is 3. The summed E-state index contributed by atoms with van der Waals surface area (Å²) in [6.07, 6.45) is 3.42. The van der Waals surface area contributed by atoms with E-state index in [2.05, 4.69) is 24.0 Å². The maximum absolute atomic E-state index is 11.2. The molecule has 0 spiro atoms. The van der Waals surface area contributed by atoms with Crippen LogP contribution in [-0.2, 0) is 0 Å². The number of amides is 2. The minimum Gasteiger partial charge on any atom is -0.270 e. The smallest absolute Gasteiger partial charge is 0.270 e. The maximum Gasteiger partial charge on any atom is 0.343 e. The van der Waals surface area contributed by atoms with Gasteiger partial charge in [0.15, 0.2) is 0 Å². The predicted molar refractivity (Wildman–Crippen MR) is 57.3 cm³/mol. The number of carbonyl (C=O) groups is 1. The third-order valence-corrected chi connectivity index (χ3v) is 1.28. The first-order valence-electron chi connectivity index (χ1n) is 4.31. The molecule has 0 fully saturated rings. The van der Waals surface area contributed by atoms with Crippen molar-refractivity contribution >= 4 is 6.03 Å². The molecule has 0 unspecified atom stereocenters. The average Bonchev–Trinajstić information content (AvgIpc) is 2.03. The summed E-state index contributed by atoms with van der Waals surface area (Å²) in [7, 11) is 3.48. The molecule has 0 atom stereocenters. The molecule has 5 nitrogen and oxygen atoms in total. The van der Waals surface area contributed by atoms with Gasteiger partial charge in [0.1, 0.15) is 0 Å². The fraction of sp³-hybridized carbons (Fsp3) is 0.444. The van der Waals surface area contributed by atoms with Crippen molar-refractivity contribution in [1.82, 2.24) is 20.9 Å². The molecular weight excluding hydrogens is 180 g/mol. The Balaban J connectivity index is 3.94. The molecular formula is C9H18N4O. The van der Waals surface area contributed by atoms with E-state index < -0.39 is 0 Å². The summed E-state index contributed by atoms with van der Waals surface area (Å²) in [6.45, 7) is 8.34. The zero-order valence-electron chi connectivity index (χ0n) is 8.79. The van der Waals surface area contributed by atoms with Gasteiger partial charge in [-0.05, 0) is 0 Å². The largest absolute Gasteiger partial charge is 0.343 e. The van der Waals surface area contributed by atoms with Crippen LogP contribution < -0.4 is 10.9 Å². The van der Waals surface area contributed by atoms with Crippen LogP contribution in [-0.4, -0.2) is 43.2 Å². The predicted octanol–water partition coefficient (Wildman–Crippen LogP) is 0.351. The third-order valence-electron chi connectivity index (χ3n) is 1.28. The summed E-state index contributed by atoms with van der Waals surface area (Å²) < 4.78 is 0. The first-order valence-corrected chi connectivity index (χ1v) is 4.31. The second kappa shape index (κ2) is 7.11. The molecule has 0 saturated heterocycles. The van der Waals surface area contributed by atoms with Crippen molar-refractivity contribution in [2.75, 3.05) is 27.2 Å². The van der Waals surface area contributed by atoms with Crippen LogP contribution in [0.5, 0.6) is 0 Å². The van der Waals surface area contributed by atoms with Gasteiger partial charge in [-0.15, -0.1) is 13.2 Å². The summed E-state index contributed by atoms with van der Waals surface area (Å²) in [5.74, 6) is 0. The Morgan fingerprint density at radius 2 is 1.71 bits per heavy atom. The molecule has 0 radical (unpaired) electrons. The lowest BCUT2D eigenvalue weighted by Gasteiger charge is -2.21. The van der Waals surface area contributed by atoms with E-state index in [9.17, 15) is 4.79 Å². The van der Waals surface area contributed by atoms with E-state index in [0.717, 1.165) is 0 Å². The van der Waals surface area contributed by atoms with Gasteiger partial charge in [-0.3, -0.25) is 10.9 Å². The summed E-state index contributed by atoms with van der Waals surface area (Å²) in [5, 5.41) is 3.26. The number of urea groups is 1. The average molecular weight is 198 g/mol. The van der Waals surface area contributed by atoms with Crippen LogP contribution in [0.4, 0.5) is 4.79 Å². The Bertz CT molecular complexity index is 193. The number of rotatable bonds is 6. The molecule has 0 aliphatic heterocycles. The van der Waals surface area contributed by atoms with Crippen LogP contribution in [0.3, 0.4) is 0 Å². The van der Waals surface area contributed by atoms with E-state index in [1.165, 1.54) is 0 Å². The Morgan fingerprint density at radius 3 is 2.07 bits per heavy atom. The number of nitrogens with one attached hydrogen (secondary N) is 2. The minimum atomic E-state index is -0.279. The van der Waals surface area contributed by atoms with Crippen molar-refractivity contribution in [2.24, 2.45) is 0 Å². The lowest BCUT2D eigenvalue weighted by Crippen LogP contribution is -2.50. The molecule has 0 rings (SSSR count). The molecule has 0 heterocycles. The highest BCUT2D eigenvalue weighted by Crippen LogP contribution is 1.83. The Hall–Kier alpha value is -1.33. The lowest BCUT2D eigenvalue weighted by atomic mass is 10.5. The standard InChI is InChI=1S/C9H18N4O/c1-5-7-13(8-6-2)11-9(14)10-12(3)4/h5-6H,1-2,7-8H2,3-4H3,(H2,10,11,14). The van der Waals surface area contributed by atoms with Gasteiger partial charge in [0.2, 0.25) is 0 Å². The zero-order chi connectivity index (χ0) is 11.0. The van der Waals surface area contributed by atoms with Crippen LogP contribution in [0.2, 0.25) is 0 Å². The third kappa shape index (κ3) is 6.22. The molecule has 14 heavy (non-hydrogen) atoms. The topological polar surface area (TPSA) is 47.6 Å². The van der Waals surface area contributed by atoms with Crippen LogP contribution in [0.25, 0.3) is 0 Å². The van der Waals surface area contributed by atoms with Gasteiger partial charge in [0.05, 0.1) is 0 Å². The van der Waals surface area contributed by atoms with Crippen molar-refractivity contribution in [3.8, 4) is 0 Å². The number of hydrogen-bond donors (Lipinski definition) is 2. The summed E-state index contributed by atoms with van der Waals surface area (Å²) in [6, 6.07) is -0.279. The first-order chi connectivity index (χ1) is 6.60. The molecule has 80 valence electrons. The number of nitrogens with zero attached hydrogens (tertiary/aromatic N) is 2. The monoisotopic (exact) mass is 198 g/mol. The first kappa shape index (κ1) is 12.7. The van der Waals surface area contributed by atoms with Crippen LogP contribution in [0.15, 0.2) is 25.3 Å². The van der Waals surface area contributed by atoms with Gasteiger partial charge in [0, 0.05) is 27.2 Å². The van der Waals surface area contributed by atoms with E-state index in [-0.39, 0.29) is 6.03 Å². The SMILES string of the molecule is C=CCN(CC=C)NC(=O)NN(C)C. The van der Waals surface area contributed by atoms with Gasteiger partial charge >= 0.3 is 6.03 Å². The highest BCUT2D eigenvalue weighted by molar-refractivity contribution is 5.72. The number of hydrazine groups is 2. The van der Waals surface area contributed by atoms with E-state index in [0.29, 0.717) is 13.1 Å². The fourth-order valence-electron chi connectivity index (χ4n) is 0.849. The Labute approximate surface area is 85.0 Å². The molecule has 0 aromatic rings. The lowest BCUT2D eigenvalue weighted by molar-refractivity contribution is 0.174. The van der Waals surface area contributed by atoms with Gasteiger partial charge in [-0.2, -0.15) is 0 Å². The highest BCUT2D eigenvalue weighted by atomic mass is 16.2. The van der Waals surface area contributed by atoms with Crippen molar-refractivity contribution < 1.29 is 4.79 Å². The van der Waals surface area contributed by atoms with Crippen molar-refractivity contribution in [3.63, 3.8) is 0 Å². The van der Waals surface area contributed by atoms with Gasteiger partial charge in [-0.1, -0.05) is 12.2 Å². The summed E-state index contributed by atoms with van der Waals surface area (Å²) >= 11 is 0. The molecule has 0 aliphatic rings. The highest BCUT2D eigenvalue weighted by Gasteiger charge is 2.05. The number of carbonyl (C=O) groups excluding carboxylic acids is 1. The van der Waals surface area contributed by atoms with Gasteiger partial charge < -0.3 is 0 Å². The van der Waals surface area contributed by atoms with Crippen molar-refractivity contribution in [3.05, 3.63) is 25.3 Å². The quantitative estimate of drug-likeness (QED) is 0.478. The normalized spacial score (nSPS) is 10.0. The Morgan fingerprint density at radius 1 is 1.21 bits per heavy atom. The van der Waals surface area contributed by atoms with E-state index in [1.54, 1.807) is 36.3 Å². The van der Waals surface area contributed by atoms with Crippen LogP contribution >= 0.6 is 0 Å². The molecule has 0 saturated carbocycles. The van der Waals surface area contributed by atoms with Crippen molar-refractivity contribution in [1.29, 1.82) is 0 Å². The molecule has 0 bridgehead atoms. The van der Waals surface area contributed by atoms with E-state index in [1.807, 2.05) is 0 Å². The summed E-state index contributed by atoms with van der Waals surface area (Å²) in [5.41, 5.74) is 5.21. The molecule has 0 aromatic heterocycles. The maximum atomic E-state index is 11.2. The van der Waals surface area contributed by atoms with Gasteiger partial charge in [0.25, 0.3) is 0 Å². The van der Waals surface area contributed by atoms with E-state index >= 15 is 0 Å². The summed E-state index contributed by atoms with van der Waals surface area (Å²) in [4.78, 5) is 11.2. The molecule has 5 heteroatoms. The molecule has 2 amide bonds. The van der Waals surface area contributed by atoms with Crippen LogP contribution in [0, 0.1) is 0 Å². The second-order valence-electron chi connectivity index (χ2n) is 2.93. The minimum absolute atomic E-state index is 0.279. The molecule has 0 aliphatic carbocycles. The second-order valence-corrected chi connectivity index (χ2v) is 2.93. The zero-order valence-corrected chi connectivity index (χ0v) is 8.79. The molecule has 0 aromatic carbocycles. The molecule has 2 N–H and O–H groups in total. The van der Waals surface area contributed by atoms with Gasteiger partial charge in [-0.25, -0.2) is 14.8 Å².